The van der Waals surface area contributed by atoms with Gasteiger partial charge in [0.1, 0.15) is 5.75 Å². The third-order valence-corrected chi connectivity index (χ3v) is 4.34. The number of benzene rings is 2. The summed E-state index contributed by atoms with van der Waals surface area (Å²) in [5, 5.41) is 3.46. The molecule has 2 heteroatoms. The Hall–Kier alpha value is -1.80. The molecule has 0 radical (unpaired) electrons. The van der Waals surface area contributed by atoms with E-state index in [-0.39, 0.29) is 6.04 Å². The number of rotatable bonds is 4. The van der Waals surface area contributed by atoms with Crippen LogP contribution in [0.1, 0.15) is 39.4 Å². The molecule has 0 aliphatic heterocycles. The van der Waals surface area contributed by atoms with E-state index in [0.717, 1.165) is 5.75 Å². The molecule has 2 aromatic carbocycles. The van der Waals surface area contributed by atoms with E-state index in [1.165, 1.54) is 33.4 Å². The van der Waals surface area contributed by atoms with Gasteiger partial charge in [0.2, 0.25) is 0 Å². The van der Waals surface area contributed by atoms with Crippen LogP contribution in [0.2, 0.25) is 0 Å². The summed E-state index contributed by atoms with van der Waals surface area (Å²) in [6, 6.07) is 10.9. The maximum Gasteiger partial charge on any atom is 0.127 e. The Balaban J connectivity index is 2.65. The molecular weight excluding hydrogens is 258 g/mol. The van der Waals surface area contributed by atoms with E-state index in [1.807, 2.05) is 7.05 Å². The van der Waals surface area contributed by atoms with E-state index in [1.54, 1.807) is 7.11 Å². The van der Waals surface area contributed by atoms with Crippen molar-refractivity contribution >= 4 is 0 Å². The van der Waals surface area contributed by atoms with Crippen LogP contribution in [0.25, 0.3) is 0 Å². The lowest BCUT2D eigenvalue weighted by Crippen LogP contribution is -2.21. The number of hydrogen-bond donors (Lipinski definition) is 1. The zero-order valence-electron chi connectivity index (χ0n) is 13.9. The second kappa shape index (κ2) is 6.31. The monoisotopic (exact) mass is 283 g/mol. The van der Waals surface area contributed by atoms with Gasteiger partial charge in [-0.1, -0.05) is 30.3 Å². The van der Waals surface area contributed by atoms with E-state index >= 15 is 0 Å². The Kier molecular flexibility index (Phi) is 4.69. The van der Waals surface area contributed by atoms with Crippen LogP contribution in [0.3, 0.4) is 0 Å². The minimum Gasteiger partial charge on any atom is -0.496 e. The van der Waals surface area contributed by atoms with Gasteiger partial charge in [0.15, 0.2) is 0 Å². The topological polar surface area (TPSA) is 21.3 Å². The number of methoxy groups -OCH3 is 1. The lowest BCUT2D eigenvalue weighted by molar-refractivity contribution is 0.401. The summed E-state index contributed by atoms with van der Waals surface area (Å²) in [5.41, 5.74) is 7.60. The Morgan fingerprint density at radius 1 is 0.905 bits per heavy atom. The predicted octanol–water partition coefficient (Wildman–Crippen LogP) is 4.24. The van der Waals surface area contributed by atoms with Crippen molar-refractivity contribution in [2.45, 2.75) is 33.7 Å². The van der Waals surface area contributed by atoms with E-state index in [4.69, 9.17) is 4.74 Å². The molecule has 0 spiro atoms. The lowest BCUT2D eigenvalue weighted by Gasteiger charge is -2.25. The molecule has 0 aromatic heterocycles. The molecule has 0 saturated carbocycles. The van der Waals surface area contributed by atoms with Gasteiger partial charge in [-0.3, -0.25) is 0 Å². The Morgan fingerprint density at radius 2 is 1.52 bits per heavy atom. The number of nitrogens with one attached hydrogen (secondary N) is 1. The maximum absolute atomic E-state index is 5.70. The fourth-order valence-electron chi connectivity index (χ4n) is 3.05. The van der Waals surface area contributed by atoms with Gasteiger partial charge in [0.25, 0.3) is 0 Å². The maximum atomic E-state index is 5.70. The standard InChI is InChI=1S/C19H25NO/c1-12-10-11-16(19(21-6)15(12)4)18(20-5)17-13(2)8-7-9-14(17)3/h7-11,18,20H,1-6H3. The molecule has 0 aliphatic rings. The van der Waals surface area contributed by atoms with Crippen LogP contribution in [0.5, 0.6) is 5.75 Å². The minimum absolute atomic E-state index is 0.139. The number of aryl methyl sites for hydroxylation is 3. The summed E-state index contributed by atoms with van der Waals surface area (Å²) in [5.74, 6) is 0.983. The third-order valence-electron chi connectivity index (χ3n) is 4.34. The largest absolute Gasteiger partial charge is 0.496 e. The number of ether oxygens (including phenoxy) is 1. The number of hydrogen-bond acceptors (Lipinski definition) is 2. The van der Waals surface area contributed by atoms with Gasteiger partial charge in [-0.05, 0) is 62.6 Å². The van der Waals surface area contributed by atoms with Crippen molar-refractivity contribution in [3.05, 3.63) is 63.7 Å². The highest BCUT2D eigenvalue weighted by atomic mass is 16.5. The zero-order valence-corrected chi connectivity index (χ0v) is 13.9. The molecule has 2 aromatic rings. The van der Waals surface area contributed by atoms with Gasteiger partial charge >= 0.3 is 0 Å². The molecule has 1 unspecified atom stereocenters. The molecule has 0 heterocycles. The highest BCUT2D eigenvalue weighted by Crippen LogP contribution is 2.36. The average Bonchev–Trinajstić information content (AvgIpc) is 2.46. The molecule has 0 aliphatic carbocycles. The third kappa shape index (κ3) is 2.81. The smallest absolute Gasteiger partial charge is 0.127 e. The molecule has 0 saturated heterocycles. The fraction of sp³-hybridized carbons (Fsp3) is 0.368. The van der Waals surface area contributed by atoms with Crippen molar-refractivity contribution in [2.75, 3.05) is 14.2 Å². The summed E-state index contributed by atoms with van der Waals surface area (Å²) >= 11 is 0. The summed E-state index contributed by atoms with van der Waals surface area (Å²) in [4.78, 5) is 0. The molecule has 0 bridgehead atoms. The van der Waals surface area contributed by atoms with E-state index in [9.17, 15) is 0 Å². The van der Waals surface area contributed by atoms with Crippen molar-refractivity contribution in [1.29, 1.82) is 0 Å². The summed E-state index contributed by atoms with van der Waals surface area (Å²) in [6.45, 7) is 8.57. The second-order valence-corrected chi connectivity index (χ2v) is 5.66. The zero-order chi connectivity index (χ0) is 15.6. The first-order valence-electron chi connectivity index (χ1n) is 7.38. The van der Waals surface area contributed by atoms with E-state index in [0.29, 0.717) is 0 Å². The van der Waals surface area contributed by atoms with Gasteiger partial charge in [0, 0.05) is 5.56 Å². The van der Waals surface area contributed by atoms with Crippen LogP contribution in [-0.2, 0) is 0 Å². The van der Waals surface area contributed by atoms with Crippen molar-refractivity contribution in [1.82, 2.24) is 5.32 Å². The molecule has 0 fully saturated rings. The highest BCUT2D eigenvalue weighted by molar-refractivity contribution is 5.51. The van der Waals surface area contributed by atoms with Crippen molar-refractivity contribution < 1.29 is 4.74 Å². The summed E-state index contributed by atoms with van der Waals surface area (Å²) in [6.07, 6.45) is 0. The molecule has 2 rings (SSSR count). The molecule has 21 heavy (non-hydrogen) atoms. The first-order chi connectivity index (χ1) is 10.0. The van der Waals surface area contributed by atoms with Crippen molar-refractivity contribution in [3.8, 4) is 5.75 Å². The molecular formula is C19H25NO. The van der Waals surface area contributed by atoms with E-state index < -0.39 is 0 Å². The first-order valence-corrected chi connectivity index (χ1v) is 7.38. The van der Waals surface area contributed by atoms with Gasteiger partial charge < -0.3 is 10.1 Å². The molecule has 2 nitrogen and oxygen atoms in total. The van der Waals surface area contributed by atoms with Gasteiger partial charge in [0.05, 0.1) is 13.2 Å². The molecule has 0 amide bonds. The van der Waals surface area contributed by atoms with Crippen LogP contribution in [-0.4, -0.2) is 14.2 Å². The summed E-state index contributed by atoms with van der Waals surface area (Å²) in [7, 11) is 3.76. The van der Waals surface area contributed by atoms with Crippen LogP contribution in [0.15, 0.2) is 30.3 Å². The Bertz CT molecular complexity index is 626. The van der Waals surface area contributed by atoms with Gasteiger partial charge in [-0.15, -0.1) is 0 Å². The molecule has 1 N–H and O–H groups in total. The van der Waals surface area contributed by atoms with Gasteiger partial charge in [-0.2, -0.15) is 0 Å². The van der Waals surface area contributed by atoms with Crippen LogP contribution in [0.4, 0.5) is 0 Å². The fourth-order valence-corrected chi connectivity index (χ4v) is 3.05. The Morgan fingerprint density at radius 3 is 2.05 bits per heavy atom. The van der Waals surface area contributed by atoms with Crippen molar-refractivity contribution in [3.63, 3.8) is 0 Å². The normalized spacial score (nSPS) is 12.3. The predicted molar refractivity (Wildman–Crippen MR) is 89.3 cm³/mol. The summed E-state index contributed by atoms with van der Waals surface area (Å²) < 4.78 is 5.70. The molecule has 1 atom stereocenters. The van der Waals surface area contributed by atoms with E-state index in [2.05, 4.69) is 63.3 Å². The SMILES string of the molecule is CNC(c1ccc(C)c(C)c1OC)c1c(C)cccc1C. The minimum atomic E-state index is 0.139. The lowest BCUT2D eigenvalue weighted by atomic mass is 9.89. The Labute approximate surface area is 128 Å². The highest BCUT2D eigenvalue weighted by Gasteiger charge is 2.21. The average molecular weight is 283 g/mol. The quantitative estimate of drug-likeness (QED) is 0.906. The van der Waals surface area contributed by atoms with Crippen LogP contribution in [0, 0.1) is 27.7 Å². The second-order valence-electron chi connectivity index (χ2n) is 5.66. The van der Waals surface area contributed by atoms with Gasteiger partial charge in [-0.25, -0.2) is 0 Å². The van der Waals surface area contributed by atoms with Crippen LogP contribution < -0.4 is 10.1 Å². The van der Waals surface area contributed by atoms with Crippen molar-refractivity contribution in [2.24, 2.45) is 0 Å². The first kappa shape index (κ1) is 15.6. The molecule has 112 valence electrons. The van der Waals surface area contributed by atoms with Crippen LogP contribution >= 0.6 is 0 Å².